The third kappa shape index (κ3) is 4.97. The van der Waals surface area contributed by atoms with Crippen molar-refractivity contribution in [1.82, 2.24) is 33.7 Å². The number of fused-ring (bicyclic) bond motifs is 2. The van der Waals surface area contributed by atoms with Crippen LogP contribution < -0.4 is 20.5 Å². The predicted molar refractivity (Wildman–Crippen MR) is 146 cm³/mol. The Balaban J connectivity index is 1.36. The Morgan fingerprint density at radius 1 is 1.17 bits per heavy atom. The summed E-state index contributed by atoms with van der Waals surface area (Å²) < 4.78 is 56.0. The second-order valence-electron chi connectivity index (χ2n) is 9.34. The molecule has 5 aromatic rings. The number of anilines is 3. The first kappa shape index (κ1) is 27.7. The summed E-state index contributed by atoms with van der Waals surface area (Å²) in [5.41, 5.74) is -1.14. The molecule has 1 aliphatic heterocycles. The Kier molecular flexibility index (Phi) is 7.12. The molecule has 2 N–H and O–H groups in total. The van der Waals surface area contributed by atoms with Gasteiger partial charge in [-0.25, -0.2) is 14.5 Å². The number of nitrogens with zero attached hydrogens (tertiary/aromatic N) is 8. The van der Waals surface area contributed by atoms with Crippen LogP contribution in [0.2, 0.25) is 5.02 Å². The first-order chi connectivity index (χ1) is 20.2. The summed E-state index contributed by atoms with van der Waals surface area (Å²) in [6.07, 6.45) is 2.16. The van der Waals surface area contributed by atoms with Crippen LogP contribution in [-0.2, 0) is 24.5 Å². The number of rotatable bonds is 7. The minimum Gasteiger partial charge on any atom is -0.450 e. The molecule has 1 fully saturated rings. The fourth-order valence-corrected chi connectivity index (χ4v) is 4.97. The number of imidazole rings is 1. The fourth-order valence-electron chi connectivity index (χ4n) is 4.67. The van der Waals surface area contributed by atoms with E-state index in [-0.39, 0.29) is 28.9 Å². The van der Waals surface area contributed by atoms with E-state index < -0.39 is 29.6 Å². The van der Waals surface area contributed by atoms with E-state index in [0.29, 0.717) is 61.2 Å². The molecule has 0 aliphatic carbocycles. The summed E-state index contributed by atoms with van der Waals surface area (Å²) in [6.45, 7) is 1.57. The predicted octanol–water partition coefficient (Wildman–Crippen LogP) is 3.21. The molecule has 0 atom stereocenters. The molecule has 42 heavy (non-hydrogen) atoms. The van der Waals surface area contributed by atoms with Crippen LogP contribution in [0, 0.1) is 0 Å². The highest BCUT2D eigenvalue weighted by molar-refractivity contribution is 6.36. The standard InChI is InChI=1S/C25H23ClF3N9O4/c1-35-20-18(26)16(42-17-12-32-38-3-2-30-22(19(17)38)36-5-8-41-9-6-36)11-31-21(20)34-24(35)33-15-10-14(25(27,28)29)13-37(4-7-39)23(15)40/h2-3,10-13,39H,4-9H2,1H3,(H,31,33,34). The Bertz CT molecular complexity index is 1850. The van der Waals surface area contributed by atoms with Crippen LogP contribution in [0.4, 0.5) is 30.6 Å². The summed E-state index contributed by atoms with van der Waals surface area (Å²) in [5.74, 6) is 1.23. The lowest BCUT2D eigenvalue weighted by Crippen LogP contribution is -2.37. The van der Waals surface area contributed by atoms with Crippen LogP contribution in [0.15, 0.2) is 41.8 Å². The molecule has 1 saturated heterocycles. The van der Waals surface area contributed by atoms with Crippen LogP contribution >= 0.6 is 11.6 Å². The van der Waals surface area contributed by atoms with Crippen molar-refractivity contribution in [3.05, 3.63) is 58.0 Å². The average Bonchev–Trinajstić information content (AvgIpc) is 3.53. The largest absolute Gasteiger partial charge is 0.450 e. The second kappa shape index (κ2) is 10.8. The molecule has 0 saturated carbocycles. The SMILES string of the molecule is Cn1c(Nc2cc(C(F)(F)F)cn(CCO)c2=O)nc2ncc(Oc3cnn4ccnc(N5CCOCC5)c34)c(Cl)c21. The maximum Gasteiger partial charge on any atom is 0.417 e. The molecule has 0 radical (unpaired) electrons. The lowest BCUT2D eigenvalue weighted by atomic mass is 10.2. The molecule has 5 aromatic heterocycles. The number of aliphatic hydroxyl groups excluding tert-OH is 1. The number of hydrogen-bond acceptors (Lipinski definition) is 10. The highest BCUT2D eigenvalue weighted by atomic mass is 35.5. The normalized spacial score (nSPS) is 14.2. The zero-order valence-electron chi connectivity index (χ0n) is 22.0. The Morgan fingerprint density at radius 3 is 2.69 bits per heavy atom. The van der Waals surface area contributed by atoms with E-state index in [1.807, 2.05) is 0 Å². The fraction of sp³-hybridized carbons (Fsp3) is 0.320. The smallest absolute Gasteiger partial charge is 0.417 e. The molecule has 6 heterocycles. The third-order valence-corrected chi connectivity index (χ3v) is 7.08. The molecule has 17 heteroatoms. The van der Waals surface area contributed by atoms with E-state index in [0.717, 1.165) is 4.57 Å². The first-order valence-electron chi connectivity index (χ1n) is 12.7. The number of morpholine rings is 1. The number of nitrogens with one attached hydrogen (secondary N) is 1. The van der Waals surface area contributed by atoms with Gasteiger partial charge in [0.05, 0.1) is 37.8 Å². The maximum atomic E-state index is 13.5. The van der Waals surface area contributed by atoms with Gasteiger partial charge in [0.1, 0.15) is 16.2 Å². The molecule has 0 bridgehead atoms. The van der Waals surface area contributed by atoms with Gasteiger partial charge in [-0.3, -0.25) is 4.79 Å². The van der Waals surface area contributed by atoms with Crippen LogP contribution in [-0.4, -0.2) is 71.7 Å². The van der Waals surface area contributed by atoms with Gasteiger partial charge >= 0.3 is 6.18 Å². The summed E-state index contributed by atoms with van der Waals surface area (Å²) in [7, 11) is 1.56. The van der Waals surface area contributed by atoms with E-state index in [2.05, 4.69) is 30.3 Å². The number of hydrogen-bond donors (Lipinski definition) is 2. The first-order valence-corrected chi connectivity index (χ1v) is 13.1. The minimum atomic E-state index is -4.72. The van der Waals surface area contributed by atoms with E-state index >= 15 is 0 Å². The van der Waals surface area contributed by atoms with Gasteiger partial charge in [0, 0.05) is 45.3 Å². The molecular weight excluding hydrogens is 583 g/mol. The zero-order valence-corrected chi connectivity index (χ0v) is 22.7. The molecule has 0 unspecified atom stereocenters. The van der Waals surface area contributed by atoms with E-state index in [4.69, 9.17) is 21.1 Å². The molecule has 6 rings (SSSR count). The van der Waals surface area contributed by atoms with Gasteiger partial charge in [0.2, 0.25) is 5.95 Å². The van der Waals surface area contributed by atoms with Crippen molar-refractivity contribution < 1.29 is 27.8 Å². The van der Waals surface area contributed by atoms with Crippen molar-refractivity contribution in [2.24, 2.45) is 7.05 Å². The van der Waals surface area contributed by atoms with Crippen LogP contribution in [0.25, 0.3) is 16.7 Å². The van der Waals surface area contributed by atoms with Crippen molar-refractivity contribution in [2.75, 3.05) is 43.1 Å². The van der Waals surface area contributed by atoms with Gasteiger partial charge in [-0.05, 0) is 6.07 Å². The van der Waals surface area contributed by atoms with Crippen LogP contribution in [0.1, 0.15) is 5.56 Å². The van der Waals surface area contributed by atoms with Crippen molar-refractivity contribution in [3.8, 4) is 11.5 Å². The molecule has 1 aliphatic rings. The topological polar surface area (TPSA) is 137 Å². The summed E-state index contributed by atoms with van der Waals surface area (Å²) in [6, 6.07) is 0.685. The Labute approximate surface area is 239 Å². The summed E-state index contributed by atoms with van der Waals surface area (Å²) >= 11 is 6.74. The number of halogens is 4. The molecule has 13 nitrogen and oxygen atoms in total. The molecular formula is C25H23ClF3N9O4. The Hall–Kier alpha value is -4.41. The third-order valence-electron chi connectivity index (χ3n) is 6.71. The quantitative estimate of drug-likeness (QED) is 0.284. The zero-order chi connectivity index (χ0) is 29.6. The van der Waals surface area contributed by atoms with Gasteiger partial charge in [0.15, 0.2) is 28.5 Å². The molecule has 0 spiro atoms. The van der Waals surface area contributed by atoms with Crippen molar-refractivity contribution in [3.63, 3.8) is 0 Å². The number of pyridine rings is 2. The van der Waals surface area contributed by atoms with Gasteiger partial charge in [-0.15, -0.1) is 0 Å². The van der Waals surface area contributed by atoms with Crippen LogP contribution in [0.3, 0.4) is 0 Å². The summed E-state index contributed by atoms with van der Waals surface area (Å²) in [4.78, 5) is 28.0. The molecule has 220 valence electrons. The Morgan fingerprint density at radius 2 is 1.95 bits per heavy atom. The van der Waals surface area contributed by atoms with E-state index in [9.17, 15) is 23.1 Å². The molecule has 0 aromatic carbocycles. The van der Waals surface area contributed by atoms with Crippen molar-refractivity contribution >= 4 is 45.7 Å². The summed E-state index contributed by atoms with van der Waals surface area (Å²) in [5, 5.41) is 16.4. The lowest BCUT2D eigenvalue weighted by molar-refractivity contribution is -0.138. The average molecular weight is 606 g/mol. The number of ether oxygens (including phenoxy) is 2. The number of aryl methyl sites for hydroxylation is 1. The maximum absolute atomic E-state index is 13.5. The highest BCUT2D eigenvalue weighted by Gasteiger charge is 2.32. The lowest BCUT2D eigenvalue weighted by Gasteiger charge is -2.28. The minimum absolute atomic E-state index is 0.0123. The number of alkyl halides is 3. The van der Waals surface area contributed by atoms with Gasteiger partial charge < -0.3 is 33.9 Å². The van der Waals surface area contributed by atoms with Crippen LogP contribution in [0.5, 0.6) is 11.5 Å². The van der Waals surface area contributed by atoms with E-state index in [1.54, 1.807) is 24.0 Å². The van der Waals surface area contributed by atoms with E-state index in [1.165, 1.54) is 17.0 Å². The number of aromatic nitrogens is 7. The molecule has 0 amide bonds. The highest BCUT2D eigenvalue weighted by Crippen LogP contribution is 2.38. The van der Waals surface area contributed by atoms with Crippen molar-refractivity contribution in [2.45, 2.75) is 12.7 Å². The second-order valence-corrected chi connectivity index (χ2v) is 9.72. The van der Waals surface area contributed by atoms with Gasteiger partial charge in [-0.1, -0.05) is 11.6 Å². The number of aliphatic hydroxyl groups is 1. The van der Waals surface area contributed by atoms with Gasteiger partial charge in [-0.2, -0.15) is 23.3 Å². The van der Waals surface area contributed by atoms with Crippen molar-refractivity contribution in [1.29, 1.82) is 0 Å². The monoisotopic (exact) mass is 605 g/mol. The van der Waals surface area contributed by atoms with Gasteiger partial charge in [0.25, 0.3) is 5.56 Å².